The van der Waals surface area contributed by atoms with Gasteiger partial charge in [0.05, 0.1) is 17.2 Å². The van der Waals surface area contributed by atoms with Gasteiger partial charge in [0.1, 0.15) is 5.82 Å². The molecule has 1 heterocycles. The van der Waals surface area contributed by atoms with Crippen molar-refractivity contribution in [2.75, 3.05) is 32.6 Å². The second-order valence-corrected chi connectivity index (χ2v) is 4.96. The number of rotatable bonds is 7. The van der Waals surface area contributed by atoms with Crippen molar-refractivity contribution in [1.82, 2.24) is 9.88 Å². The SMILES string of the molecule is CCC(C)N(CCOC)C(=O)c1cc(NC)ncc1Cl. The summed E-state index contributed by atoms with van der Waals surface area (Å²) in [5.74, 6) is 0.522. The molecule has 0 fully saturated rings. The zero-order valence-electron chi connectivity index (χ0n) is 12.4. The Morgan fingerprint density at radius 2 is 2.30 bits per heavy atom. The van der Waals surface area contributed by atoms with Gasteiger partial charge in [-0.25, -0.2) is 4.98 Å². The van der Waals surface area contributed by atoms with Crippen molar-refractivity contribution in [1.29, 1.82) is 0 Å². The molecule has 1 aromatic rings. The minimum Gasteiger partial charge on any atom is -0.383 e. The molecule has 0 saturated carbocycles. The fourth-order valence-electron chi connectivity index (χ4n) is 1.83. The molecular weight excluding hydrogens is 278 g/mol. The second-order valence-electron chi connectivity index (χ2n) is 4.55. The summed E-state index contributed by atoms with van der Waals surface area (Å²) < 4.78 is 5.08. The van der Waals surface area contributed by atoms with Crippen LogP contribution in [0.25, 0.3) is 0 Å². The van der Waals surface area contributed by atoms with Crippen LogP contribution in [0.1, 0.15) is 30.6 Å². The molecule has 0 aliphatic rings. The Hall–Kier alpha value is -1.33. The molecule has 5 nitrogen and oxygen atoms in total. The number of hydrogen-bond acceptors (Lipinski definition) is 4. The molecule has 1 rings (SSSR count). The summed E-state index contributed by atoms with van der Waals surface area (Å²) in [6.07, 6.45) is 2.36. The van der Waals surface area contributed by atoms with Crippen LogP contribution in [0, 0.1) is 0 Å². The maximum atomic E-state index is 12.7. The van der Waals surface area contributed by atoms with Crippen molar-refractivity contribution in [3.05, 3.63) is 22.8 Å². The number of amides is 1. The monoisotopic (exact) mass is 299 g/mol. The first-order valence-corrected chi connectivity index (χ1v) is 7.06. The van der Waals surface area contributed by atoms with Gasteiger partial charge in [0.25, 0.3) is 5.91 Å². The van der Waals surface area contributed by atoms with Crippen LogP contribution in [0.2, 0.25) is 5.02 Å². The highest BCUT2D eigenvalue weighted by molar-refractivity contribution is 6.33. The quantitative estimate of drug-likeness (QED) is 0.841. The number of nitrogens with one attached hydrogen (secondary N) is 1. The maximum Gasteiger partial charge on any atom is 0.255 e. The van der Waals surface area contributed by atoms with Crippen molar-refractivity contribution in [3.8, 4) is 0 Å². The molecule has 6 heteroatoms. The number of halogens is 1. The predicted octanol–water partition coefficient (Wildman–Crippen LogP) is 2.66. The van der Waals surface area contributed by atoms with Crippen molar-refractivity contribution < 1.29 is 9.53 Å². The van der Waals surface area contributed by atoms with Gasteiger partial charge in [-0.2, -0.15) is 0 Å². The van der Waals surface area contributed by atoms with Crippen LogP contribution in [0.5, 0.6) is 0 Å². The lowest BCUT2D eigenvalue weighted by Crippen LogP contribution is -2.40. The van der Waals surface area contributed by atoms with Gasteiger partial charge in [0.15, 0.2) is 0 Å². The Kier molecular flexibility index (Phi) is 6.75. The van der Waals surface area contributed by atoms with E-state index in [4.69, 9.17) is 16.3 Å². The molecule has 0 bridgehead atoms. The van der Waals surface area contributed by atoms with E-state index in [0.717, 1.165) is 6.42 Å². The first-order valence-electron chi connectivity index (χ1n) is 6.68. The summed E-state index contributed by atoms with van der Waals surface area (Å²) in [4.78, 5) is 18.5. The first-order chi connectivity index (χ1) is 9.54. The molecule has 1 amide bonds. The van der Waals surface area contributed by atoms with E-state index in [1.54, 1.807) is 25.1 Å². The van der Waals surface area contributed by atoms with Gasteiger partial charge < -0.3 is 15.0 Å². The van der Waals surface area contributed by atoms with E-state index >= 15 is 0 Å². The van der Waals surface area contributed by atoms with Crippen LogP contribution in [-0.2, 0) is 4.74 Å². The predicted molar refractivity (Wildman–Crippen MR) is 81.5 cm³/mol. The molecule has 0 aliphatic heterocycles. The van der Waals surface area contributed by atoms with E-state index in [-0.39, 0.29) is 11.9 Å². The largest absolute Gasteiger partial charge is 0.383 e. The lowest BCUT2D eigenvalue weighted by molar-refractivity contribution is 0.0614. The number of anilines is 1. The molecule has 0 saturated heterocycles. The van der Waals surface area contributed by atoms with Crippen LogP contribution < -0.4 is 5.32 Å². The van der Waals surface area contributed by atoms with Gasteiger partial charge in [0.2, 0.25) is 0 Å². The van der Waals surface area contributed by atoms with Gasteiger partial charge in [-0.3, -0.25) is 4.79 Å². The average molecular weight is 300 g/mol. The number of nitrogens with zero attached hydrogens (tertiary/aromatic N) is 2. The molecule has 1 atom stereocenters. The highest BCUT2D eigenvalue weighted by Crippen LogP contribution is 2.21. The molecule has 0 spiro atoms. The van der Waals surface area contributed by atoms with Crippen molar-refractivity contribution in [2.45, 2.75) is 26.3 Å². The van der Waals surface area contributed by atoms with Crippen molar-refractivity contribution in [2.24, 2.45) is 0 Å². The van der Waals surface area contributed by atoms with Crippen molar-refractivity contribution in [3.63, 3.8) is 0 Å². The molecular formula is C14H22ClN3O2. The number of aromatic nitrogens is 1. The Bertz CT molecular complexity index is 454. The maximum absolute atomic E-state index is 12.7. The van der Waals surface area contributed by atoms with E-state index in [9.17, 15) is 4.79 Å². The van der Waals surface area contributed by atoms with Crippen LogP contribution >= 0.6 is 11.6 Å². The Balaban J connectivity index is 3.04. The van der Waals surface area contributed by atoms with Crippen LogP contribution in [-0.4, -0.2) is 49.1 Å². The fourth-order valence-corrected chi connectivity index (χ4v) is 2.01. The summed E-state index contributed by atoms with van der Waals surface area (Å²) in [5, 5.41) is 3.27. The lowest BCUT2D eigenvalue weighted by atomic mass is 10.1. The molecule has 0 aromatic carbocycles. The van der Waals surface area contributed by atoms with Crippen LogP contribution in [0.15, 0.2) is 12.3 Å². The van der Waals surface area contributed by atoms with E-state index in [0.29, 0.717) is 29.6 Å². The Labute approximate surface area is 125 Å². The van der Waals surface area contributed by atoms with Crippen LogP contribution in [0.4, 0.5) is 5.82 Å². The third kappa shape index (κ3) is 4.08. The number of pyridine rings is 1. The summed E-state index contributed by atoms with van der Waals surface area (Å²) in [6, 6.07) is 1.80. The van der Waals surface area contributed by atoms with E-state index < -0.39 is 0 Å². The van der Waals surface area contributed by atoms with Gasteiger partial charge in [-0.05, 0) is 19.4 Å². The van der Waals surface area contributed by atoms with E-state index in [2.05, 4.69) is 10.3 Å². The number of carbonyl (C=O) groups excluding carboxylic acids is 1. The summed E-state index contributed by atoms with van der Waals surface area (Å²) >= 11 is 6.11. The summed E-state index contributed by atoms with van der Waals surface area (Å²) in [7, 11) is 3.37. The minimum atomic E-state index is -0.0969. The summed E-state index contributed by atoms with van der Waals surface area (Å²) in [5.41, 5.74) is 0.461. The van der Waals surface area contributed by atoms with Gasteiger partial charge in [0, 0.05) is 32.9 Å². The zero-order valence-corrected chi connectivity index (χ0v) is 13.2. The number of methoxy groups -OCH3 is 1. The molecule has 0 radical (unpaired) electrons. The highest BCUT2D eigenvalue weighted by atomic mass is 35.5. The smallest absolute Gasteiger partial charge is 0.255 e. The summed E-state index contributed by atoms with van der Waals surface area (Å²) in [6.45, 7) is 5.10. The van der Waals surface area contributed by atoms with Crippen LogP contribution in [0.3, 0.4) is 0 Å². The first kappa shape index (κ1) is 16.7. The molecule has 1 unspecified atom stereocenters. The number of ether oxygens (including phenoxy) is 1. The molecule has 1 N–H and O–H groups in total. The molecule has 20 heavy (non-hydrogen) atoms. The minimum absolute atomic E-state index is 0.0969. The average Bonchev–Trinajstić information content (AvgIpc) is 2.47. The van der Waals surface area contributed by atoms with Crippen molar-refractivity contribution >= 4 is 23.3 Å². The molecule has 1 aromatic heterocycles. The standard InChI is InChI=1S/C14H22ClN3O2/c1-5-10(2)18(6-7-20-4)14(19)11-8-13(16-3)17-9-12(11)15/h8-10H,5-7H2,1-4H3,(H,16,17). The highest BCUT2D eigenvalue weighted by Gasteiger charge is 2.22. The Morgan fingerprint density at radius 1 is 1.60 bits per heavy atom. The molecule has 0 aliphatic carbocycles. The number of hydrogen-bond donors (Lipinski definition) is 1. The van der Waals surface area contributed by atoms with Gasteiger partial charge in [-0.15, -0.1) is 0 Å². The second kappa shape index (κ2) is 8.07. The third-order valence-electron chi connectivity index (χ3n) is 3.26. The van der Waals surface area contributed by atoms with Gasteiger partial charge >= 0.3 is 0 Å². The normalized spacial score (nSPS) is 12.1. The topological polar surface area (TPSA) is 54.5 Å². The zero-order chi connectivity index (χ0) is 15.1. The molecule has 112 valence electrons. The third-order valence-corrected chi connectivity index (χ3v) is 3.56. The lowest BCUT2D eigenvalue weighted by Gasteiger charge is -2.28. The number of carbonyl (C=O) groups is 1. The fraction of sp³-hybridized carbons (Fsp3) is 0.571. The van der Waals surface area contributed by atoms with E-state index in [1.807, 2.05) is 13.8 Å². The Morgan fingerprint density at radius 3 is 2.85 bits per heavy atom. The van der Waals surface area contributed by atoms with Gasteiger partial charge in [-0.1, -0.05) is 18.5 Å². The van der Waals surface area contributed by atoms with E-state index in [1.165, 1.54) is 6.20 Å².